The lowest BCUT2D eigenvalue weighted by Gasteiger charge is -2.17. The molecule has 0 spiro atoms. The molecule has 1 aromatic carbocycles. The number of ether oxygens (including phenoxy) is 1. The molecule has 2 heterocycles. The predicted octanol–water partition coefficient (Wildman–Crippen LogP) is 2.00. The highest BCUT2D eigenvalue weighted by Gasteiger charge is 2.31. The molecule has 0 saturated heterocycles. The summed E-state index contributed by atoms with van der Waals surface area (Å²) >= 11 is 0. The minimum absolute atomic E-state index is 0.0268. The third-order valence-electron chi connectivity index (χ3n) is 5.16. The van der Waals surface area contributed by atoms with Crippen molar-refractivity contribution in [2.24, 2.45) is 0 Å². The number of aromatic nitrogens is 6. The van der Waals surface area contributed by atoms with Gasteiger partial charge in [-0.25, -0.2) is 4.79 Å². The topological polar surface area (TPSA) is 135 Å². The van der Waals surface area contributed by atoms with E-state index in [0.29, 0.717) is 30.2 Å². The maximum atomic E-state index is 12.9. The number of hydrogen-bond donors (Lipinski definition) is 2. The highest BCUT2D eigenvalue weighted by molar-refractivity contribution is 5.59. The number of nitrogens with zero attached hydrogens (tertiary/aromatic N) is 6. The number of tetrazole rings is 1. The molecule has 3 rings (SSSR count). The van der Waals surface area contributed by atoms with Gasteiger partial charge < -0.3 is 15.8 Å². The molecular formula is C21H27F3N8O3. The molecule has 190 valence electrons. The van der Waals surface area contributed by atoms with Crippen molar-refractivity contribution in [1.82, 2.24) is 29.3 Å². The minimum Gasteiger partial charge on any atom is -0.406 e. The maximum Gasteiger partial charge on any atom is 0.573 e. The number of nitrogens with one attached hydrogen (secondary N) is 1. The van der Waals surface area contributed by atoms with E-state index in [1.807, 2.05) is 6.92 Å². The molecule has 0 unspecified atom stereocenters. The zero-order valence-corrected chi connectivity index (χ0v) is 19.4. The molecular weight excluding hydrogens is 469 g/mol. The lowest BCUT2D eigenvalue weighted by molar-refractivity contribution is -0.274. The summed E-state index contributed by atoms with van der Waals surface area (Å²) in [6.07, 6.45) is -2.65. The van der Waals surface area contributed by atoms with Crippen LogP contribution in [-0.4, -0.2) is 42.8 Å². The average molecular weight is 496 g/mol. The number of rotatable bonds is 11. The molecule has 11 nitrogen and oxygen atoms in total. The zero-order chi connectivity index (χ0) is 25.6. The molecule has 0 radical (unpaired) electrons. The summed E-state index contributed by atoms with van der Waals surface area (Å²) in [6.45, 7) is 2.79. The van der Waals surface area contributed by atoms with E-state index in [1.165, 1.54) is 27.6 Å². The molecule has 0 bridgehead atoms. The Morgan fingerprint density at radius 3 is 2.54 bits per heavy atom. The van der Waals surface area contributed by atoms with Crippen molar-refractivity contribution in [3.63, 3.8) is 0 Å². The Hall–Kier alpha value is -3.84. The third kappa shape index (κ3) is 6.61. The molecule has 0 fully saturated rings. The van der Waals surface area contributed by atoms with Crippen molar-refractivity contribution >= 4 is 11.5 Å². The largest absolute Gasteiger partial charge is 0.573 e. The fourth-order valence-corrected chi connectivity index (χ4v) is 3.56. The van der Waals surface area contributed by atoms with Crippen molar-refractivity contribution in [3.05, 3.63) is 56.5 Å². The lowest BCUT2D eigenvalue weighted by Crippen LogP contribution is -2.42. The Bertz CT molecular complexity index is 1270. The lowest BCUT2D eigenvalue weighted by atomic mass is 10.1. The van der Waals surface area contributed by atoms with Crippen molar-refractivity contribution in [2.75, 3.05) is 18.1 Å². The first-order chi connectivity index (χ1) is 16.6. The van der Waals surface area contributed by atoms with Gasteiger partial charge >= 0.3 is 12.1 Å². The third-order valence-corrected chi connectivity index (χ3v) is 5.16. The first kappa shape index (κ1) is 25.8. The molecule has 14 heteroatoms. The minimum atomic E-state index is -4.78. The van der Waals surface area contributed by atoms with Gasteiger partial charge in [-0.2, -0.15) is 4.80 Å². The number of anilines is 2. The van der Waals surface area contributed by atoms with Crippen LogP contribution in [0.25, 0.3) is 0 Å². The molecule has 0 aliphatic rings. The summed E-state index contributed by atoms with van der Waals surface area (Å²) in [5.74, 6) is 0.272. The van der Waals surface area contributed by atoms with Crippen molar-refractivity contribution in [1.29, 1.82) is 0 Å². The second-order valence-electron chi connectivity index (χ2n) is 7.78. The van der Waals surface area contributed by atoms with E-state index in [2.05, 4.69) is 25.5 Å². The van der Waals surface area contributed by atoms with E-state index in [4.69, 9.17) is 5.73 Å². The van der Waals surface area contributed by atoms with Crippen LogP contribution in [0, 0.1) is 0 Å². The van der Waals surface area contributed by atoms with Crippen LogP contribution in [0.3, 0.4) is 0 Å². The molecule has 0 saturated carbocycles. The summed E-state index contributed by atoms with van der Waals surface area (Å²) in [6, 6.07) is 5.52. The van der Waals surface area contributed by atoms with Gasteiger partial charge in [-0.3, -0.25) is 13.9 Å². The Labute approximate surface area is 198 Å². The standard InChI is InChI=1S/C21H27F3N8O3/c1-3-4-9-30-18(26-2)17(25)19(33)31(20(30)34)10-6-11-32-28-16(27-29-32)13-14-7-5-8-15(12-14)35-21(22,23)24/h5,7-8,12,26H,3-4,6,9-11,13,25H2,1-2H3. The summed E-state index contributed by atoms with van der Waals surface area (Å²) < 4.78 is 43.7. The Kier molecular flexibility index (Phi) is 8.14. The highest BCUT2D eigenvalue weighted by atomic mass is 19.4. The van der Waals surface area contributed by atoms with E-state index in [1.54, 1.807) is 13.1 Å². The van der Waals surface area contributed by atoms with Crippen LogP contribution in [0.15, 0.2) is 33.9 Å². The summed E-state index contributed by atoms with van der Waals surface area (Å²) in [5.41, 5.74) is 5.45. The van der Waals surface area contributed by atoms with Crippen molar-refractivity contribution < 1.29 is 17.9 Å². The van der Waals surface area contributed by atoms with E-state index >= 15 is 0 Å². The molecule has 3 N–H and O–H groups in total. The number of hydrogen-bond acceptors (Lipinski definition) is 8. The number of halogens is 3. The van der Waals surface area contributed by atoms with Crippen LogP contribution >= 0.6 is 0 Å². The van der Waals surface area contributed by atoms with Gasteiger partial charge in [-0.1, -0.05) is 25.5 Å². The number of nitrogen functional groups attached to an aromatic ring is 1. The van der Waals surface area contributed by atoms with E-state index in [-0.39, 0.29) is 30.9 Å². The van der Waals surface area contributed by atoms with Gasteiger partial charge in [0.15, 0.2) is 5.82 Å². The van der Waals surface area contributed by atoms with Crippen LogP contribution < -0.4 is 27.0 Å². The van der Waals surface area contributed by atoms with E-state index in [0.717, 1.165) is 17.4 Å². The first-order valence-corrected chi connectivity index (χ1v) is 11.0. The molecule has 0 aliphatic heterocycles. The van der Waals surface area contributed by atoms with Gasteiger partial charge in [-0.15, -0.1) is 23.4 Å². The Morgan fingerprint density at radius 1 is 1.11 bits per heavy atom. The molecule has 0 amide bonds. The fraction of sp³-hybridized carbons (Fsp3) is 0.476. The fourth-order valence-electron chi connectivity index (χ4n) is 3.56. The molecule has 0 aliphatic carbocycles. The van der Waals surface area contributed by atoms with Crippen molar-refractivity contribution in [3.8, 4) is 5.75 Å². The number of aryl methyl sites for hydroxylation is 1. The number of nitrogens with two attached hydrogens (primary N) is 1. The molecule has 2 aromatic heterocycles. The second kappa shape index (κ2) is 11.1. The van der Waals surface area contributed by atoms with Gasteiger partial charge in [0.05, 0.1) is 6.54 Å². The van der Waals surface area contributed by atoms with Gasteiger partial charge in [0.2, 0.25) is 0 Å². The van der Waals surface area contributed by atoms with Gasteiger partial charge in [0.25, 0.3) is 5.56 Å². The SMILES string of the molecule is CCCCn1c(NC)c(N)c(=O)n(CCCn2nnc(Cc3cccc(OC(F)(F)F)c3)n2)c1=O. The summed E-state index contributed by atoms with van der Waals surface area (Å²) in [4.78, 5) is 26.8. The van der Waals surface area contributed by atoms with Crippen LogP contribution in [0.1, 0.15) is 37.6 Å². The normalized spacial score (nSPS) is 11.6. The molecule has 0 atom stereocenters. The van der Waals surface area contributed by atoms with Crippen LogP contribution in [0.4, 0.5) is 24.7 Å². The van der Waals surface area contributed by atoms with Gasteiger partial charge in [0.1, 0.15) is 17.3 Å². The quantitative estimate of drug-likeness (QED) is 0.412. The summed E-state index contributed by atoms with van der Waals surface area (Å²) in [5, 5.41) is 14.9. The predicted molar refractivity (Wildman–Crippen MR) is 122 cm³/mol. The second-order valence-corrected chi connectivity index (χ2v) is 7.78. The van der Waals surface area contributed by atoms with Crippen LogP contribution in [0.2, 0.25) is 0 Å². The number of unbranched alkanes of at least 4 members (excludes halogenated alkanes) is 1. The van der Waals surface area contributed by atoms with E-state index in [9.17, 15) is 22.8 Å². The van der Waals surface area contributed by atoms with Crippen LogP contribution in [-0.2, 0) is 26.1 Å². The summed E-state index contributed by atoms with van der Waals surface area (Å²) in [7, 11) is 1.60. The average Bonchev–Trinajstić information content (AvgIpc) is 3.23. The van der Waals surface area contributed by atoms with Crippen molar-refractivity contribution in [2.45, 2.75) is 58.6 Å². The number of alkyl halides is 3. The van der Waals surface area contributed by atoms with Gasteiger partial charge in [0, 0.05) is 26.6 Å². The Balaban J connectivity index is 1.66. The molecule has 3 aromatic rings. The number of benzene rings is 1. The Morgan fingerprint density at radius 2 is 1.86 bits per heavy atom. The monoisotopic (exact) mass is 496 g/mol. The highest BCUT2D eigenvalue weighted by Crippen LogP contribution is 2.23. The van der Waals surface area contributed by atoms with Gasteiger partial charge in [-0.05, 0) is 35.8 Å². The van der Waals surface area contributed by atoms with Crippen LogP contribution in [0.5, 0.6) is 5.75 Å². The molecule has 35 heavy (non-hydrogen) atoms. The maximum absolute atomic E-state index is 12.9. The first-order valence-electron chi connectivity index (χ1n) is 11.0. The van der Waals surface area contributed by atoms with E-state index < -0.39 is 17.6 Å². The zero-order valence-electron chi connectivity index (χ0n) is 19.4. The smallest absolute Gasteiger partial charge is 0.406 e.